The number of nitrogens with one attached hydrogen (secondary N) is 2. The Morgan fingerprint density at radius 2 is 1.59 bits per heavy atom. The van der Waals surface area contributed by atoms with Crippen LogP contribution in [-0.4, -0.2) is 48.6 Å². The second-order valence-electron chi connectivity index (χ2n) is 6.99. The van der Waals surface area contributed by atoms with Gasteiger partial charge in [0, 0.05) is 25.0 Å². The van der Waals surface area contributed by atoms with Crippen molar-refractivity contribution in [3.63, 3.8) is 0 Å². The summed E-state index contributed by atoms with van der Waals surface area (Å²) in [6, 6.07) is 16.9. The predicted molar refractivity (Wildman–Crippen MR) is 115 cm³/mol. The molecule has 5 heteroatoms. The molecule has 1 heterocycles. The second-order valence-corrected chi connectivity index (χ2v) is 6.99. The van der Waals surface area contributed by atoms with Crippen LogP contribution in [-0.2, 0) is 12.8 Å². The van der Waals surface area contributed by atoms with E-state index in [2.05, 4.69) is 71.9 Å². The van der Waals surface area contributed by atoms with Crippen molar-refractivity contribution in [1.82, 2.24) is 14.9 Å². The fourth-order valence-electron chi connectivity index (χ4n) is 2.95. The number of benzene rings is 2. The number of aromatic nitrogens is 2. The van der Waals surface area contributed by atoms with Crippen molar-refractivity contribution in [2.24, 2.45) is 0 Å². The molecule has 27 heavy (non-hydrogen) atoms. The van der Waals surface area contributed by atoms with E-state index >= 15 is 0 Å². The summed E-state index contributed by atoms with van der Waals surface area (Å²) >= 11 is 0. The Balaban J connectivity index is 1.67. The number of hydrogen-bond acceptors (Lipinski definition) is 5. The molecule has 0 spiro atoms. The van der Waals surface area contributed by atoms with Gasteiger partial charge >= 0.3 is 0 Å². The van der Waals surface area contributed by atoms with E-state index in [0.717, 1.165) is 49.2 Å². The molecule has 0 fully saturated rings. The minimum atomic E-state index is 0.672. The van der Waals surface area contributed by atoms with E-state index in [9.17, 15) is 0 Å². The molecule has 0 bridgehead atoms. The van der Waals surface area contributed by atoms with Gasteiger partial charge in [0.1, 0.15) is 5.82 Å². The second kappa shape index (κ2) is 9.33. The van der Waals surface area contributed by atoms with Crippen molar-refractivity contribution in [3.05, 3.63) is 59.7 Å². The predicted octanol–water partition coefficient (Wildman–Crippen LogP) is 3.82. The summed E-state index contributed by atoms with van der Waals surface area (Å²) in [5.74, 6) is 1.56. The van der Waals surface area contributed by atoms with E-state index in [1.165, 1.54) is 11.1 Å². The zero-order chi connectivity index (χ0) is 19.1. The molecular weight excluding hydrogens is 334 g/mol. The van der Waals surface area contributed by atoms with Crippen LogP contribution in [0.15, 0.2) is 48.5 Å². The Bertz CT molecular complexity index is 858. The minimum Gasteiger partial charge on any atom is -0.368 e. The number of nitrogens with zero attached hydrogens (tertiary/aromatic N) is 3. The molecule has 2 aromatic carbocycles. The number of para-hydroxylation sites is 1. The van der Waals surface area contributed by atoms with Gasteiger partial charge in [-0.2, -0.15) is 4.98 Å². The van der Waals surface area contributed by atoms with Crippen molar-refractivity contribution < 1.29 is 0 Å². The van der Waals surface area contributed by atoms with Crippen LogP contribution in [0.4, 0.5) is 11.8 Å². The van der Waals surface area contributed by atoms with Crippen LogP contribution in [0.1, 0.15) is 18.1 Å². The molecule has 0 saturated heterocycles. The highest BCUT2D eigenvalue weighted by molar-refractivity contribution is 5.90. The molecular formula is C22H29N5. The molecule has 0 radical (unpaired) electrons. The highest BCUT2D eigenvalue weighted by atomic mass is 15.2. The van der Waals surface area contributed by atoms with Gasteiger partial charge in [0.25, 0.3) is 0 Å². The molecule has 0 aliphatic carbocycles. The number of hydrogen-bond donors (Lipinski definition) is 2. The van der Waals surface area contributed by atoms with Crippen LogP contribution < -0.4 is 10.6 Å². The van der Waals surface area contributed by atoms with Crippen LogP contribution in [0.5, 0.6) is 0 Å². The van der Waals surface area contributed by atoms with Gasteiger partial charge < -0.3 is 15.5 Å². The lowest BCUT2D eigenvalue weighted by atomic mass is 10.1. The first-order chi connectivity index (χ1) is 13.2. The van der Waals surface area contributed by atoms with Gasteiger partial charge in [-0.25, -0.2) is 4.98 Å². The van der Waals surface area contributed by atoms with Crippen LogP contribution in [0.3, 0.4) is 0 Å². The average Bonchev–Trinajstić information content (AvgIpc) is 2.68. The molecule has 3 rings (SSSR count). The first-order valence-electron chi connectivity index (χ1n) is 9.63. The van der Waals surface area contributed by atoms with Crippen LogP contribution in [0.2, 0.25) is 0 Å². The molecule has 0 aliphatic rings. The van der Waals surface area contributed by atoms with E-state index in [0.29, 0.717) is 5.95 Å². The van der Waals surface area contributed by atoms with Gasteiger partial charge in [-0.15, -0.1) is 0 Å². The zero-order valence-electron chi connectivity index (χ0n) is 16.5. The van der Waals surface area contributed by atoms with Gasteiger partial charge in [0.2, 0.25) is 5.95 Å². The molecule has 0 atom stereocenters. The third-order valence-corrected chi connectivity index (χ3v) is 4.58. The smallest absolute Gasteiger partial charge is 0.225 e. The number of rotatable bonds is 9. The molecule has 0 unspecified atom stereocenters. The van der Waals surface area contributed by atoms with E-state index in [-0.39, 0.29) is 0 Å². The van der Waals surface area contributed by atoms with Crippen LogP contribution in [0, 0.1) is 0 Å². The SMILES string of the molecule is CCc1ccc(CCNc2nc(NCCN(C)C)c3ccccc3n2)cc1. The number of aryl methyl sites for hydroxylation is 1. The minimum absolute atomic E-state index is 0.672. The number of anilines is 2. The summed E-state index contributed by atoms with van der Waals surface area (Å²) in [7, 11) is 4.14. The third-order valence-electron chi connectivity index (χ3n) is 4.58. The molecule has 0 aliphatic heterocycles. The summed E-state index contributed by atoms with van der Waals surface area (Å²) in [4.78, 5) is 11.5. The number of likely N-dealkylation sites (N-methyl/N-ethyl adjacent to an activating group) is 1. The maximum atomic E-state index is 4.70. The Hall–Kier alpha value is -2.66. The van der Waals surface area contributed by atoms with Crippen molar-refractivity contribution in [3.8, 4) is 0 Å². The largest absolute Gasteiger partial charge is 0.368 e. The highest BCUT2D eigenvalue weighted by Crippen LogP contribution is 2.21. The van der Waals surface area contributed by atoms with Crippen molar-refractivity contribution >= 4 is 22.7 Å². The van der Waals surface area contributed by atoms with Gasteiger partial charge in [0.05, 0.1) is 5.52 Å². The highest BCUT2D eigenvalue weighted by Gasteiger charge is 2.07. The van der Waals surface area contributed by atoms with Gasteiger partial charge in [-0.3, -0.25) is 0 Å². The molecule has 5 nitrogen and oxygen atoms in total. The zero-order valence-corrected chi connectivity index (χ0v) is 16.5. The Labute approximate surface area is 161 Å². The summed E-state index contributed by atoms with van der Waals surface area (Å²) in [5, 5.41) is 7.88. The van der Waals surface area contributed by atoms with E-state index in [4.69, 9.17) is 4.98 Å². The summed E-state index contributed by atoms with van der Waals surface area (Å²) < 4.78 is 0. The maximum Gasteiger partial charge on any atom is 0.225 e. The summed E-state index contributed by atoms with van der Waals surface area (Å²) in [5.41, 5.74) is 3.65. The molecule has 2 N–H and O–H groups in total. The molecule has 142 valence electrons. The topological polar surface area (TPSA) is 53.1 Å². The molecule has 0 amide bonds. The van der Waals surface area contributed by atoms with E-state index < -0.39 is 0 Å². The lowest BCUT2D eigenvalue weighted by Gasteiger charge is -2.14. The standard InChI is InChI=1S/C22H29N5/c1-4-17-9-11-18(12-10-17)13-14-24-22-25-20-8-6-5-7-19(20)21(26-22)23-15-16-27(2)3/h5-12H,4,13-16H2,1-3H3,(H2,23,24,25,26). The first-order valence-corrected chi connectivity index (χ1v) is 9.63. The Kier molecular flexibility index (Phi) is 6.60. The van der Waals surface area contributed by atoms with Gasteiger partial charge in [-0.1, -0.05) is 43.3 Å². The quantitative estimate of drug-likeness (QED) is 0.605. The van der Waals surface area contributed by atoms with Crippen molar-refractivity contribution in [2.75, 3.05) is 44.4 Å². The summed E-state index contributed by atoms with van der Waals surface area (Å²) in [6.07, 6.45) is 2.02. The molecule has 1 aromatic heterocycles. The van der Waals surface area contributed by atoms with E-state index in [1.807, 2.05) is 18.2 Å². The van der Waals surface area contributed by atoms with E-state index in [1.54, 1.807) is 0 Å². The molecule has 3 aromatic rings. The Morgan fingerprint density at radius 1 is 0.852 bits per heavy atom. The average molecular weight is 364 g/mol. The van der Waals surface area contributed by atoms with Crippen LogP contribution in [0.25, 0.3) is 10.9 Å². The molecule has 0 saturated carbocycles. The lowest BCUT2D eigenvalue weighted by molar-refractivity contribution is 0.425. The fraction of sp³-hybridized carbons (Fsp3) is 0.364. The fourth-order valence-corrected chi connectivity index (χ4v) is 2.95. The van der Waals surface area contributed by atoms with Crippen molar-refractivity contribution in [1.29, 1.82) is 0 Å². The number of fused-ring (bicyclic) bond motifs is 1. The Morgan fingerprint density at radius 3 is 2.33 bits per heavy atom. The van der Waals surface area contributed by atoms with Gasteiger partial charge in [0.15, 0.2) is 0 Å². The summed E-state index contributed by atoms with van der Waals surface area (Å²) in [6.45, 7) is 4.78. The monoisotopic (exact) mass is 363 g/mol. The van der Waals surface area contributed by atoms with Crippen LogP contribution >= 0.6 is 0 Å². The maximum absolute atomic E-state index is 4.70. The van der Waals surface area contributed by atoms with Crippen molar-refractivity contribution in [2.45, 2.75) is 19.8 Å². The first kappa shape index (κ1) is 19.1. The lowest BCUT2D eigenvalue weighted by Crippen LogP contribution is -2.21. The third kappa shape index (κ3) is 5.41. The normalized spacial score (nSPS) is 11.1. The van der Waals surface area contributed by atoms with Gasteiger partial charge in [-0.05, 0) is 50.2 Å².